The Hall–Kier alpha value is -1.57. The highest BCUT2D eigenvalue weighted by atomic mass is 127. The first-order valence-electron chi connectivity index (χ1n) is 6.81. The lowest BCUT2D eigenvalue weighted by Gasteiger charge is -2.07. The van der Waals surface area contributed by atoms with Gasteiger partial charge in [0.1, 0.15) is 11.5 Å². The molecule has 0 saturated heterocycles. The third-order valence-electron chi connectivity index (χ3n) is 3.46. The summed E-state index contributed by atoms with van der Waals surface area (Å²) in [5.41, 5.74) is 10.5. The SMILES string of the molecule is Cc1cc(CN=C(N)Nc2ccc3c(c2)CCC3)no1.I. The molecule has 0 aliphatic heterocycles. The summed E-state index contributed by atoms with van der Waals surface area (Å²) in [6, 6.07) is 8.23. The molecule has 1 aromatic heterocycles. The average molecular weight is 398 g/mol. The highest BCUT2D eigenvalue weighted by Gasteiger charge is 2.10. The van der Waals surface area contributed by atoms with E-state index in [0.717, 1.165) is 23.6 Å². The Labute approximate surface area is 141 Å². The zero-order valence-corrected chi connectivity index (χ0v) is 14.3. The quantitative estimate of drug-likeness (QED) is 0.474. The number of hydrogen-bond acceptors (Lipinski definition) is 3. The highest BCUT2D eigenvalue weighted by Crippen LogP contribution is 2.24. The zero-order chi connectivity index (χ0) is 13.9. The molecule has 0 saturated carbocycles. The van der Waals surface area contributed by atoms with E-state index >= 15 is 0 Å². The summed E-state index contributed by atoms with van der Waals surface area (Å²) < 4.78 is 4.98. The van der Waals surface area contributed by atoms with Gasteiger partial charge in [0, 0.05) is 11.8 Å². The predicted molar refractivity (Wildman–Crippen MR) is 94.1 cm³/mol. The van der Waals surface area contributed by atoms with E-state index in [4.69, 9.17) is 10.3 Å². The minimum atomic E-state index is 0. The lowest BCUT2D eigenvalue weighted by Crippen LogP contribution is -2.22. The molecule has 0 spiro atoms. The Morgan fingerprint density at radius 3 is 2.90 bits per heavy atom. The van der Waals surface area contributed by atoms with Crippen LogP contribution in [0, 0.1) is 6.92 Å². The van der Waals surface area contributed by atoms with Gasteiger partial charge >= 0.3 is 0 Å². The maximum absolute atomic E-state index is 5.89. The molecule has 5 nitrogen and oxygen atoms in total. The van der Waals surface area contributed by atoms with Crippen molar-refractivity contribution in [3.63, 3.8) is 0 Å². The van der Waals surface area contributed by atoms with Crippen LogP contribution in [-0.2, 0) is 19.4 Å². The minimum Gasteiger partial charge on any atom is -0.370 e. The lowest BCUT2D eigenvalue weighted by atomic mass is 10.1. The van der Waals surface area contributed by atoms with Gasteiger partial charge in [-0.25, -0.2) is 4.99 Å². The number of nitrogens with zero attached hydrogens (tertiary/aromatic N) is 2. The van der Waals surface area contributed by atoms with Crippen molar-refractivity contribution >= 4 is 35.6 Å². The Kier molecular flexibility index (Phi) is 5.22. The third-order valence-corrected chi connectivity index (χ3v) is 3.46. The number of rotatable bonds is 3. The van der Waals surface area contributed by atoms with Crippen molar-refractivity contribution in [2.75, 3.05) is 5.32 Å². The number of nitrogens with two attached hydrogens (primary N) is 1. The molecule has 1 aliphatic rings. The smallest absolute Gasteiger partial charge is 0.193 e. The van der Waals surface area contributed by atoms with E-state index in [9.17, 15) is 0 Å². The third kappa shape index (κ3) is 3.96. The topological polar surface area (TPSA) is 76.4 Å². The van der Waals surface area contributed by atoms with Crippen molar-refractivity contribution in [1.29, 1.82) is 0 Å². The molecular weight excluding hydrogens is 379 g/mol. The molecule has 0 bridgehead atoms. The number of guanidine groups is 1. The van der Waals surface area contributed by atoms with Crippen LogP contribution in [0.5, 0.6) is 0 Å². The largest absolute Gasteiger partial charge is 0.370 e. The summed E-state index contributed by atoms with van der Waals surface area (Å²) in [5.74, 6) is 1.17. The lowest BCUT2D eigenvalue weighted by molar-refractivity contribution is 0.391. The fraction of sp³-hybridized carbons (Fsp3) is 0.333. The standard InChI is InChI=1S/C15H18N4O.HI/c1-10-7-14(19-20-10)9-17-15(16)18-13-6-5-11-3-2-4-12(11)8-13;/h5-8H,2-4,9H2,1H3,(H3,16,17,18);1H. The summed E-state index contributed by atoms with van der Waals surface area (Å²) in [6.45, 7) is 2.27. The molecular formula is C15H19IN4O. The van der Waals surface area contributed by atoms with Gasteiger partial charge in [0.2, 0.25) is 0 Å². The maximum Gasteiger partial charge on any atom is 0.193 e. The molecule has 21 heavy (non-hydrogen) atoms. The molecule has 0 unspecified atom stereocenters. The van der Waals surface area contributed by atoms with Crippen LogP contribution in [0.1, 0.15) is 29.0 Å². The van der Waals surface area contributed by atoms with Gasteiger partial charge in [0.05, 0.1) is 6.54 Å². The number of nitrogens with one attached hydrogen (secondary N) is 1. The van der Waals surface area contributed by atoms with Crippen molar-refractivity contribution in [3.8, 4) is 0 Å². The molecule has 0 radical (unpaired) electrons. The zero-order valence-electron chi connectivity index (χ0n) is 11.9. The van der Waals surface area contributed by atoms with Gasteiger partial charge < -0.3 is 15.6 Å². The number of anilines is 1. The molecule has 2 aromatic rings. The molecule has 0 fully saturated rings. The molecule has 1 aromatic carbocycles. The monoisotopic (exact) mass is 398 g/mol. The number of aliphatic imine (C=N–C) groups is 1. The molecule has 1 aliphatic carbocycles. The van der Waals surface area contributed by atoms with Crippen LogP contribution in [0.2, 0.25) is 0 Å². The number of fused-ring (bicyclic) bond motifs is 1. The highest BCUT2D eigenvalue weighted by molar-refractivity contribution is 14.0. The van der Waals surface area contributed by atoms with Crippen molar-refractivity contribution in [2.24, 2.45) is 10.7 Å². The maximum atomic E-state index is 5.89. The molecule has 0 amide bonds. The second-order valence-corrected chi connectivity index (χ2v) is 5.09. The van der Waals surface area contributed by atoms with Crippen LogP contribution < -0.4 is 11.1 Å². The van der Waals surface area contributed by atoms with Gasteiger partial charge in [-0.15, -0.1) is 24.0 Å². The van der Waals surface area contributed by atoms with Crippen molar-refractivity contribution in [2.45, 2.75) is 32.7 Å². The minimum absolute atomic E-state index is 0. The molecule has 3 N–H and O–H groups in total. The molecule has 3 rings (SSSR count). The van der Waals surface area contributed by atoms with Crippen molar-refractivity contribution in [3.05, 3.63) is 46.8 Å². The van der Waals surface area contributed by atoms with E-state index in [-0.39, 0.29) is 24.0 Å². The van der Waals surface area contributed by atoms with E-state index in [2.05, 4.69) is 27.6 Å². The van der Waals surface area contributed by atoms with Crippen LogP contribution in [-0.4, -0.2) is 11.1 Å². The summed E-state index contributed by atoms with van der Waals surface area (Å²) in [5, 5.41) is 6.99. The van der Waals surface area contributed by atoms with Crippen molar-refractivity contribution in [1.82, 2.24) is 5.16 Å². The summed E-state index contributed by atoms with van der Waals surface area (Å²) in [4.78, 5) is 4.26. The molecule has 0 atom stereocenters. The van der Waals surface area contributed by atoms with Crippen LogP contribution in [0.15, 0.2) is 33.8 Å². The first-order chi connectivity index (χ1) is 9.70. The van der Waals surface area contributed by atoms with Gasteiger partial charge in [0.25, 0.3) is 0 Å². The second kappa shape index (κ2) is 6.93. The summed E-state index contributed by atoms with van der Waals surface area (Å²) >= 11 is 0. The van der Waals surface area contributed by atoms with Crippen LogP contribution >= 0.6 is 24.0 Å². The van der Waals surface area contributed by atoms with Gasteiger partial charge in [-0.1, -0.05) is 11.2 Å². The van der Waals surface area contributed by atoms with Gasteiger partial charge in [-0.05, 0) is 49.4 Å². The van der Waals surface area contributed by atoms with Crippen molar-refractivity contribution < 1.29 is 4.52 Å². The van der Waals surface area contributed by atoms with Crippen LogP contribution in [0.3, 0.4) is 0 Å². The number of halogens is 1. The Morgan fingerprint density at radius 2 is 2.14 bits per heavy atom. The number of aryl methyl sites for hydroxylation is 3. The first kappa shape index (κ1) is 15.8. The Balaban J connectivity index is 0.00000161. The average Bonchev–Trinajstić information content (AvgIpc) is 3.04. The molecule has 112 valence electrons. The van der Waals surface area contributed by atoms with E-state index in [1.54, 1.807) is 0 Å². The molecule has 1 heterocycles. The number of benzene rings is 1. The van der Waals surface area contributed by atoms with Gasteiger partial charge in [-0.2, -0.15) is 0 Å². The van der Waals surface area contributed by atoms with E-state index in [0.29, 0.717) is 12.5 Å². The van der Waals surface area contributed by atoms with E-state index in [1.807, 2.05) is 19.1 Å². The fourth-order valence-electron chi connectivity index (χ4n) is 2.50. The number of aromatic nitrogens is 1. The van der Waals surface area contributed by atoms with Gasteiger partial charge in [0.15, 0.2) is 5.96 Å². The first-order valence-corrected chi connectivity index (χ1v) is 6.81. The predicted octanol–water partition coefficient (Wildman–Crippen LogP) is 3.02. The normalized spacial score (nSPS) is 13.7. The van der Waals surface area contributed by atoms with Crippen LogP contribution in [0.25, 0.3) is 0 Å². The van der Waals surface area contributed by atoms with E-state index in [1.165, 1.54) is 24.0 Å². The van der Waals surface area contributed by atoms with Gasteiger partial charge in [-0.3, -0.25) is 0 Å². The Bertz CT molecular complexity index is 651. The summed E-state index contributed by atoms with van der Waals surface area (Å²) in [7, 11) is 0. The summed E-state index contributed by atoms with van der Waals surface area (Å²) in [6.07, 6.45) is 3.58. The molecule has 6 heteroatoms. The second-order valence-electron chi connectivity index (χ2n) is 5.09. The fourth-order valence-corrected chi connectivity index (χ4v) is 2.50. The van der Waals surface area contributed by atoms with E-state index < -0.39 is 0 Å². The Morgan fingerprint density at radius 1 is 1.33 bits per heavy atom. The number of hydrogen-bond donors (Lipinski definition) is 2. The van der Waals surface area contributed by atoms with Crippen LogP contribution in [0.4, 0.5) is 5.69 Å².